The summed E-state index contributed by atoms with van der Waals surface area (Å²) in [4.78, 5) is 4.46. The molecule has 0 amide bonds. The lowest BCUT2D eigenvalue weighted by Crippen LogP contribution is -2.31. The first kappa shape index (κ1) is 22.7. The number of nitrogens with zero attached hydrogens (tertiary/aromatic N) is 1. The van der Waals surface area contributed by atoms with Crippen LogP contribution in [0.15, 0.2) is 23.2 Å². The molecule has 0 aromatic heterocycles. The maximum absolute atomic E-state index is 5.40. The molecule has 0 aliphatic rings. The maximum atomic E-state index is 5.40. The lowest BCUT2D eigenvalue weighted by Gasteiger charge is -2.13. The zero-order valence-electron chi connectivity index (χ0n) is 14.8. The molecule has 0 spiro atoms. The van der Waals surface area contributed by atoms with Crippen molar-refractivity contribution in [3.8, 4) is 11.5 Å². The number of hydrogen-bond donors (Lipinski definition) is 2. The summed E-state index contributed by atoms with van der Waals surface area (Å²) in [7, 11) is 4.87. The standard InChI is InChI=1S/C16H27N3O4.HI/c1-5-17-16(18-8-9-23-11-10-20-2)19-13-6-7-14(21-3)15(12-13)22-4;/h6-7,12H,5,8-11H2,1-4H3,(H2,17,18,19);1H. The summed E-state index contributed by atoms with van der Waals surface area (Å²) in [5.41, 5.74) is 0.864. The summed E-state index contributed by atoms with van der Waals surface area (Å²) in [6, 6.07) is 5.61. The average Bonchev–Trinajstić information content (AvgIpc) is 2.57. The van der Waals surface area contributed by atoms with Crippen molar-refractivity contribution in [2.75, 3.05) is 59.6 Å². The van der Waals surface area contributed by atoms with Crippen molar-refractivity contribution >= 4 is 35.6 Å². The number of halogens is 1. The molecular weight excluding hydrogens is 425 g/mol. The quantitative estimate of drug-likeness (QED) is 0.245. The van der Waals surface area contributed by atoms with E-state index in [0.29, 0.717) is 43.8 Å². The Labute approximate surface area is 161 Å². The van der Waals surface area contributed by atoms with Crippen LogP contribution in [0, 0.1) is 0 Å². The summed E-state index contributed by atoms with van der Waals surface area (Å²) < 4.78 is 20.8. The van der Waals surface area contributed by atoms with Crippen molar-refractivity contribution in [1.29, 1.82) is 0 Å². The van der Waals surface area contributed by atoms with Gasteiger partial charge in [0.1, 0.15) is 0 Å². The smallest absolute Gasteiger partial charge is 0.195 e. The monoisotopic (exact) mass is 453 g/mol. The third-order valence-corrected chi connectivity index (χ3v) is 2.93. The lowest BCUT2D eigenvalue weighted by molar-refractivity contribution is 0.0748. The van der Waals surface area contributed by atoms with Crippen LogP contribution in [0.1, 0.15) is 6.92 Å². The highest BCUT2D eigenvalue weighted by Crippen LogP contribution is 2.29. The fraction of sp³-hybridized carbons (Fsp3) is 0.562. The van der Waals surface area contributed by atoms with E-state index in [1.54, 1.807) is 21.3 Å². The highest BCUT2D eigenvalue weighted by atomic mass is 127. The maximum Gasteiger partial charge on any atom is 0.195 e. The molecule has 0 fully saturated rings. The van der Waals surface area contributed by atoms with E-state index in [4.69, 9.17) is 18.9 Å². The summed E-state index contributed by atoms with van der Waals surface area (Å²) >= 11 is 0. The van der Waals surface area contributed by atoms with Gasteiger partial charge in [-0.1, -0.05) is 0 Å². The second kappa shape index (κ2) is 14.1. The molecule has 0 aliphatic heterocycles. The van der Waals surface area contributed by atoms with Crippen LogP contribution in [0.4, 0.5) is 5.69 Å². The summed E-state index contributed by atoms with van der Waals surface area (Å²) in [5, 5.41) is 6.42. The first-order valence-corrected chi connectivity index (χ1v) is 7.59. The Balaban J connectivity index is 0.00000529. The fourth-order valence-corrected chi connectivity index (χ4v) is 1.82. The normalized spacial score (nSPS) is 10.8. The van der Waals surface area contributed by atoms with Crippen molar-refractivity contribution in [1.82, 2.24) is 5.32 Å². The Morgan fingerprint density at radius 3 is 2.42 bits per heavy atom. The molecule has 0 radical (unpaired) electrons. The number of anilines is 1. The molecule has 0 bridgehead atoms. The molecular formula is C16H28IN3O4. The van der Waals surface area contributed by atoms with Gasteiger partial charge in [0.15, 0.2) is 17.5 Å². The van der Waals surface area contributed by atoms with Gasteiger partial charge in [0.25, 0.3) is 0 Å². The predicted molar refractivity (Wildman–Crippen MR) is 107 cm³/mol. The highest BCUT2D eigenvalue weighted by molar-refractivity contribution is 14.0. The molecule has 138 valence electrons. The van der Waals surface area contributed by atoms with Crippen LogP contribution in [0.2, 0.25) is 0 Å². The fourth-order valence-electron chi connectivity index (χ4n) is 1.82. The van der Waals surface area contributed by atoms with Gasteiger partial charge in [-0.25, -0.2) is 0 Å². The van der Waals surface area contributed by atoms with Gasteiger partial charge in [-0.15, -0.1) is 24.0 Å². The van der Waals surface area contributed by atoms with Crippen LogP contribution in [-0.4, -0.2) is 60.2 Å². The van der Waals surface area contributed by atoms with E-state index in [9.17, 15) is 0 Å². The van der Waals surface area contributed by atoms with Crippen LogP contribution in [0.5, 0.6) is 11.5 Å². The van der Waals surface area contributed by atoms with Crippen molar-refractivity contribution in [2.45, 2.75) is 6.92 Å². The number of aliphatic imine (C=N–C) groups is 1. The van der Waals surface area contributed by atoms with Crippen molar-refractivity contribution in [2.24, 2.45) is 4.99 Å². The van der Waals surface area contributed by atoms with Crippen LogP contribution in [0.3, 0.4) is 0 Å². The van der Waals surface area contributed by atoms with E-state index < -0.39 is 0 Å². The van der Waals surface area contributed by atoms with Crippen LogP contribution < -0.4 is 20.1 Å². The summed E-state index contributed by atoms with van der Waals surface area (Å²) in [5.74, 6) is 2.04. The van der Waals surface area contributed by atoms with Crippen molar-refractivity contribution < 1.29 is 18.9 Å². The molecule has 0 saturated heterocycles. The summed E-state index contributed by atoms with van der Waals surface area (Å²) in [6.45, 7) is 5.06. The van der Waals surface area contributed by atoms with Gasteiger partial charge in [0.2, 0.25) is 0 Å². The second-order valence-corrected chi connectivity index (χ2v) is 4.56. The van der Waals surface area contributed by atoms with Gasteiger partial charge in [-0.3, -0.25) is 4.99 Å². The lowest BCUT2D eigenvalue weighted by atomic mass is 10.3. The van der Waals surface area contributed by atoms with E-state index in [0.717, 1.165) is 12.2 Å². The Kier molecular flexibility index (Phi) is 13.4. The zero-order valence-corrected chi connectivity index (χ0v) is 17.1. The number of nitrogens with one attached hydrogen (secondary N) is 2. The van der Waals surface area contributed by atoms with Gasteiger partial charge in [-0.2, -0.15) is 0 Å². The van der Waals surface area contributed by atoms with E-state index in [1.165, 1.54) is 0 Å². The number of guanidine groups is 1. The minimum Gasteiger partial charge on any atom is -0.493 e. The predicted octanol–water partition coefficient (Wildman–Crippen LogP) is 2.36. The Morgan fingerprint density at radius 2 is 1.79 bits per heavy atom. The van der Waals surface area contributed by atoms with Crippen molar-refractivity contribution in [3.05, 3.63) is 18.2 Å². The first-order valence-electron chi connectivity index (χ1n) is 7.59. The third-order valence-electron chi connectivity index (χ3n) is 2.93. The molecule has 1 aromatic carbocycles. The molecule has 0 heterocycles. The molecule has 24 heavy (non-hydrogen) atoms. The molecule has 0 unspecified atom stereocenters. The van der Waals surface area contributed by atoms with Gasteiger partial charge in [-0.05, 0) is 19.1 Å². The molecule has 1 aromatic rings. The summed E-state index contributed by atoms with van der Waals surface area (Å²) in [6.07, 6.45) is 0. The molecule has 2 N–H and O–H groups in total. The molecule has 8 heteroatoms. The molecule has 0 saturated carbocycles. The molecule has 0 aliphatic carbocycles. The Morgan fingerprint density at radius 1 is 1.04 bits per heavy atom. The molecule has 0 atom stereocenters. The Hall–Kier alpha value is -1.26. The van der Waals surface area contributed by atoms with E-state index in [2.05, 4.69) is 15.6 Å². The van der Waals surface area contributed by atoms with Gasteiger partial charge in [0.05, 0.1) is 40.6 Å². The number of rotatable bonds is 10. The third kappa shape index (κ3) is 8.55. The largest absolute Gasteiger partial charge is 0.493 e. The first-order chi connectivity index (χ1) is 11.2. The topological polar surface area (TPSA) is 73.3 Å². The average molecular weight is 453 g/mol. The van der Waals surface area contributed by atoms with E-state index in [-0.39, 0.29) is 24.0 Å². The van der Waals surface area contributed by atoms with Crippen LogP contribution in [0.25, 0.3) is 0 Å². The minimum atomic E-state index is 0. The van der Waals surface area contributed by atoms with Crippen LogP contribution in [-0.2, 0) is 9.47 Å². The second-order valence-electron chi connectivity index (χ2n) is 4.56. The zero-order chi connectivity index (χ0) is 16.9. The Bertz CT molecular complexity index is 486. The van der Waals surface area contributed by atoms with Crippen LogP contribution >= 0.6 is 24.0 Å². The van der Waals surface area contributed by atoms with Gasteiger partial charge < -0.3 is 29.6 Å². The minimum absolute atomic E-state index is 0. The highest BCUT2D eigenvalue weighted by Gasteiger charge is 2.06. The van der Waals surface area contributed by atoms with Crippen molar-refractivity contribution in [3.63, 3.8) is 0 Å². The number of hydrogen-bond acceptors (Lipinski definition) is 5. The molecule has 7 nitrogen and oxygen atoms in total. The van der Waals surface area contributed by atoms with Gasteiger partial charge in [0, 0.05) is 25.4 Å². The molecule has 1 rings (SSSR count). The number of ether oxygens (including phenoxy) is 4. The van der Waals surface area contributed by atoms with Gasteiger partial charge >= 0.3 is 0 Å². The van der Waals surface area contributed by atoms with E-state index >= 15 is 0 Å². The van der Waals surface area contributed by atoms with E-state index in [1.807, 2.05) is 25.1 Å². The number of methoxy groups -OCH3 is 3. The SMILES string of the molecule is CCNC(=NCCOCCOC)Nc1ccc(OC)c(OC)c1.I. The number of benzene rings is 1.